The number of piperidine rings is 1. The first kappa shape index (κ1) is 12.8. The van der Waals surface area contributed by atoms with Gasteiger partial charge in [-0.05, 0) is 19.8 Å². The van der Waals surface area contributed by atoms with Crippen LogP contribution in [-0.2, 0) is 6.54 Å². The van der Waals surface area contributed by atoms with Gasteiger partial charge in [0.05, 0.1) is 11.3 Å². The molecule has 3 heterocycles. The van der Waals surface area contributed by atoms with Crippen molar-refractivity contribution in [3.05, 3.63) is 33.7 Å². The number of rotatable bonds is 2. The summed E-state index contributed by atoms with van der Waals surface area (Å²) < 4.78 is 1.56. The van der Waals surface area contributed by atoms with Crippen LogP contribution in [-0.4, -0.2) is 38.1 Å². The lowest BCUT2D eigenvalue weighted by Crippen LogP contribution is -2.42. The molecular formula is C13H17N3O2S. The summed E-state index contributed by atoms with van der Waals surface area (Å²) in [6.45, 7) is 4.25. The topological polar surface area (TPSA) is 57.8 Å². The van der Waals surface area contributed by atoms with Gasteiger partial charge in [-0.1, -0.05) is 0 Å². The standard InChI is InChI=1S/C13H17N3O2S/c1-13(18)2-4-15(5-3-13)9-10-8-11(17)16-6-7-19-12(16)14-10/h6-8,18H,2-5,9H2,1H3. The lowest BCUT2D eigenvalue weighted by molar-refractivity contribution is -0.00757. The molecule has 1 fully saturated rings. The van der Waals surface area contributed by atoms with E-state index in [2.05, 4.69) is 9.88 Å². The second-order valence-electron chi connectivity index (χ2n) is 5.41. The molecule has 5 nitrogen and oxygen atoms in total. The average Bonchev–Trinajstić information content (AvgIpc) is 2.81. The minimum atomic E-state index is -0.540. The molecular weight excluding hydrogens is 262 g/mol. The van der Waals surface area contributed by atoms with Gasteiger partial charge in [0.15, 0.2) is 4.96 Å². The summed E-state index contributed by atoms with van der Waals surface area (Å²) in [6, 6.07) is 1.60. The highest BCUT2D eigenvalue weighted by Gasteiger charge is 2.27. The molecule has 1 aliphatic heterocycles. The summed E-state index contributed by atoms with van der Waals surface area (Å²) in [5.74, 6) is 0. The number of hydrogen-bond donors (Lipinski definition) is 1. The summed E-state index contributed by atoms with van der Waals surface area (Å²) in [7, 11) is 0. The van der Waals surface area contributed by atoms with Gasteiger partial charge in [-0.3, -0.25) is 14.1 Å². The van der Waals surface area contributed by atoms with E-state index in [-0.39, 0.29) is 5.56 Å². The van der Waals surface area contributed by atoms with Gasteiger partial charge in [0.25, 0.3) is 5.56 Å². The van der Waals surface area contributed by atoms with E-state index in [0.29, 0.717) is 6.54 Å². The third kappa shape index (κ3) is 2.70. The number of nitrogens with zero attached hydrogens (tertiary/aromatic N) is 3. The van der Waals surface area contributed by atoms with Crippen LogP contribution in [0.25, 0.3) is 4.96 Å². The van der Waals surface area contributed by atoms with Gasteiger partial charge in [0, 0.05) is 37.3 Å². The highest BCUT2D eigenvalue weighted by Crippen LogP contribution is 2.22. The Kier molecular flexibility index (Phi) is 3.16. The third-order valence-corrected chi connectivity index (χ3v) is 4.43. The van der Waals surface area contributed by atoms with Crippen LogP contribution in [0.15, 0.2) is 22.4 Å². The molecule has 0 unspecified atom stereocenters. The molecule has 1 aliphatic rings. The molecule has 0 aliphatic carbocycles. The highest BCUT2D eigenvalue weighted by molar-refractivity contribution is 7.15. The Morgan fingerprint density at radius 1 is 1.47 bits per heavy atom. The van der Waals surface area contributed by atoms with Crippen molar-refractivity contribution >= 4 is 16.3 Å². The number of aliphatic hydroxyl groups is 1. The van der Waals surface area contributed by atoms with E-state index < -0.39 is 5.60 Å². The van der Waals surface area contributed by atoms with E-state index in [0.717, 1.165) is 36.6 Å². The van der Waals surface area contributed by atoms with E-state index in [1.54, 1.807) is 16.7 Å². The van der Waals surface area contributed by atoms with Gasteiger partial charge in [-0.15, -0.1) is 11.3 Å². The van der Waals surface area contributed by atoms with Crippen molar-refractivity contribution in [2.45, 2.75) is 31.9 Å². The highest BCUT2D eigenvalue weighted by atomic mass is 32.1. The van der Waals surface area contributed by atoms with Gasteiger partial charge < -0.3 is 5.11 Å². The smallest absolute Gasteiger partial charge is 0.258 e. The monoisotopic (exact) mass is 279 g/mol. The lowest BCUT2D eigenvalue weighted by atomic mass is 9.94. The zero-order valence-corrected chi connectivity index (χ0v) is 11.7. The largest absolute Gasteiger partial charge is 0.390 e. The number of fused-ring (bicyclic) bond motifs is 1. The number of thiazole rings is 1. The minimum absolute atomic E-state index is 0.0229. The van der Waals surface area contributed by atoms with Gasteiger partial charge in [-0.2, -0.15) is 0 Å². The van der Waals surface area contributed by atoms with E-state index in [1.807, 2.05) is 12.3 Å². The van der Waals surface area contributed by atoms with Crippen LogP contribution in [0.1, 0.15) is 25.5 Å². The Balaban J connectivity index is 1.77. The molecule has 0 saturated carbocycles. The fourth-order valence-electron chi connectivity index (χ4n) is 2.39. The van der Waals surface area contributed by atoms with Crippen LogP contribution in [0.2, 0.25) is 0 Å². The maximum Gasteiger partial charge on any atom is 0.258 e. The maximum atomic E-state index is 11.9. The van der Waals surface area contributed by atoms with Gasteiger partial charge in [0.1, 0.15) is 0 Å². The predicted molar refractivity (Wildman–Crippen MR) is 74.5 cm³/mol. The summed E-state index contributed by atoms with van der Waals surface area (Å²) in [6.07, 6.45) is 3.29. The molecule has 19 heavy (non-hydrogen) atoms. The zero-order valence-electron chi connectivity index (χ0n) is 10.9. The molecule has 0 aromatic carbocycles. The molecule has 0 bridgehead atoms. The Morgan fingerprint density at radius 3 is 2.95 bits per heavy atom. The summed E-state index contributed by atoms with van der Waals surface area (Å²) >= 11 is 1.47. The summed E-state index contributed by atoms with van der Waals surface area (Å²) in [4.78, 5) is 19.4. The van der Waals surface area contributed by atoms with Crippen LogP contribution in [0, 0.1) is 0 Å². The summed E-state index contributed by atoms with van der Waals surface area (Å²) in [5, 5.41) is 11.8. The van der Waals surface area contributed by atoms with Crippen LogP contribution in [0.3, 0.4) is 0 Å². The predicted octanol–water partition coefficient (Wildman–Crippen LogP) is 1.10. The van der Waals surface area contributed by atoms with Gasteiger partial charge in [-0.25, -0.2) is 4.98 Å². The van der Waals surface area contributed by atoms with Crippen LogP contribution >= 0.6 is 11.3 Å². The second-order valence-corrected chi connectivity index (χ2v) is 6.29. The Labute approximate surface area is 115 Å². The summed E-state index contributed by atoms with van der Waals surface area (Å²) in [5.41, 5.74) is 0.250. The number of aromatic nitrogens is 2. The first-order chi connectivity index (χ1) is 9.03. The fourth-order valence-corrected chi connectivity index (χ4v) is 3.13. The van der Waals surface area contributed by atoms with Crippen LogP contribution < -0.4 is 5.56 Å². The van der Waals surface area contributed by atoms with E-state index >= 15 is 0 Å². The first-order valence-electron chi connectivity index (χ1n) is 6.44. The molecule has 0 radical (unpaired) electrons. The van der Waals surface area contributed by atoms with Crippen molar-refractivity contribution in [1.29, 1.82) is 0 Å². The molecule has 1 saturated heterocycles. The lowest BCUT2D eigenvalue weighted by Gasteiger charge is -2.35. The number of hydrogen-bond acceptors (Lipinski definition) is 5. The molecule has 0 amide bonds. The van der Waals surface area contributed by atoms with Crippen LogP contribution in [0.4, 0.5) is 0 Å². The molecule has 6 heteroatoms. The molecule has 0 spiro atoms. The normalized spacial score (nSPS) is 19.9. The third-order valence-electron chi connectivity index (χ3n) is 3.68. The van der Waals surface area contributed by atoms with Gasteiger partial charge >= 0.3 is 0 Å². The molecule has 2 aromatic rings. The van der Waals surface area contributed by atoms with Gasteiger partial charge in [0.2, 0.25) is 0 Å². The first-order valence-corrected chi connectivity index (χ1v) is 7.32. The number of likely N-dealkylation sites (tertiary alicyclic amines) is 1. The van der Waals surface area contributed by atoms with Crippen molar-refractivity contribution < 1.29 is 5.11 Å². The van der Waals surface area contributed by atoms with E-state index in [9.17, 15) is 9.90 Å². The molecule has 0 atom stereocenters. The Morgan fingerprint density at radius 2 is 2.21 bits per heavy atom. The SMILES string of the molecule is CC1(O)CCN(Cc2cc(=O)n3ccsc3n2)CC1. The molecule has 3 rings (SSSR count). The Hall–Kier alpha value is -1.24. The van der Waals surface area contributed by atoms with Crippen molar-refractivity contribution in [2.75, 3.05) is 13.1 Å². The van der Waals surface area contributed by atoms with E-state index in [4.69, 9.17) is 0 Å². The molecule has 102 valence electrons. The average molecular weight is 279 g/mol. The van der Waals surface area contributed by atoms with Crippen molar-refractivity contribution in [2.24, 2.45) is 0 Å². The zero-order chi connectivity index (χ0) is 13.5. The van der Waals surface area contributed by atoms with E-state index in [1.165, 1.54) is 11.3 Å². The van der Waals surface area contributed by atoms with Crippen LogP contribution in [0.5, 0.6) is 0 Å². The second kappa shape index (κ2) is 4.70. The minimum Gasteiger partial charge on any atom is -0.390 e. The quantitative estimate of drug-likeness (QED) is 0.894. The Bertz CT molecular complexity index is 637. The maximum absolute atomic E-state index is 11.9. The fraction of sp³-hybridized carbons (Fsp3) is 0.538. The van der Waals surface area contributed by atoms with Crippen molar-refractivity contribution in [1.82, 2.24) is 14.3 Å². The molecule has 2 aromatic heterocycles. The molecule has 1 N–H and O–H groups in total. The van der Waals surface area contributed by atoms with Crippen molar-refractivity contribution in [3.63, 3.8) is 0 Å². The van der Waals surface area contributed by atoms with Crippen molar-refractivity contribution in [3.8, 4) is 0 Å².